The number of aromatic nitrogens is 1. The number of ether oxygens (including phenoxy) is 1. The predicted octanol–water partition coefficient (Wildman–Crippen LogP) is 0.295. The maximum absolute atomic E-state index is 13.1. The van der Waals surface area contributed by atoms with Crippen molar-refractivity contribution in [3.63, 3.8) is 0 Å². The molecule has 150 valence electrons. The van der Waals surface area contributed by atoms with E-state index in [0.717, 1.165) is 31.4 Å². The zero-order valence-corrected chi connectivity index (χ0v) is 16.7. The first-order chi connectivity index (χ1) is 12.8. The Balaban J connectivity index is 1.64. The quantitative estimate of drug-likeness (QED) is 0.687. The predicted molar refractivity (Wildman–Crippen MR) is 102 cm³/mol. The number of piperidine rings is 1. The van der Waals surface area contributed by atoms with E-state index in [9.17, 15) is 13.2 Å². The lowest BCUT2D eigenvalue weighted by Crippen LogP contribution is -2.57. The summed E-state index contributed by atoms with van der Waals surface area (Å²) in [4.78, 5) is 19.4. The van der Waals surface area contributed by atoms with Crippen molar-refractivity contribution in [1.29, 1.82) is 0 Å². The van der Waals surface area contributed by atoms with Gasteiger partial charge in [0.25, 0.3) is 0 Å². The van der Waals surface area contributed by atoms with Crippen LogP contribution in [-0.4, -0.2) is 68.8 Å². The molecule has 0 spiro atoms. The summed E-state index contributed by atoms with van der Waals surface area (Å²) in [6.45, 7) is 1.89. The second-order valence-electron chi connectivity index (χ2n) is 7.40. The Morgan fingerprint density at radius 3 is 3.00 bits per heavy atom. The first-order valence-electron chi connectivity index (χ1n) is 9.32. The zero-order valence-electron chi connectivity index (χ0n) is 15.9. The molecular weight excluding hydrogens is 368 g/mol. The van der Waals surface area contributed by atoms with Crippen molar-refractivity contribution in [2.45, 2.75) is 43.7 Å². The number of rotatable bonds is 7. The van der Waals surface area contributed by atoms with Gasteiger partial charge in [0.15, 0.2) is 0 Å². The molecule has 1 aromatic heterocycles. The lowest BCUT2D eigenvalue weighted by Gasteiger charge is -2.40. The van der Waals surface area contributed by atoms with E-state index in [0.29, 0.717) is 31.8 Å². The normalized spacial score (nSPS) is 25.8. The molecule has 0 unspecified atom stereocenters. The Kier molecular flexibility index (Phi) is 6.02. The lowest BCUT2D eigenvalue weighted by molar-refractivity contribution is -0.133. The van der Waals surface area contributed by atoms with Gasteiger partial charge >= 0.3 is 0 Å². The van der Waals surface area contributed by atoms with Gasteiger partial charge in [0.2, 0.25) is 21.8 Å². The summed E-state index contributed by atoms with van der Waals surface area (Å²) in [5.41, 5.74) is 0.334. The van der Waals surface area contributed by atoms with Crippen LogP contribution in [0.2, 0.25) is 0 Å². The van der Waals surface area contributed by atoms with Crippen LogP contribution in [0.5, 0.6) is 5.88 Å². The summed E-state index contributed by atoms with van der Waals surface area (Å²) in [6.07, 6.45) is 6.76. The fourth-order valence-electron chi connectivity index (χ4n) is 4.33. The van der Waals surface area contributed by atoms with Gasteiger partial charge in [-0.2, -0.15) is 0 Å². The maximum atomic E-state index is 13.1. The van der Waals surface area contributed by atoms with E-state index in [1.165, 1.54) is 6.26 Å². The number of hydrogen-bond donors (Lipinski definition) is 2. The van der Waals surface area contributed by atoms with Crippen molar-refractivity contribution < 1.29 is 17.9 Å². The molecule has 3 rings (SSSR count). The smallest absolute Gasteiger partial charge is 0.240 e. The standard InChI is InChI=1S/C18H28N4O4S/c1-26-16-14(6-5-9-19-16)7-10-20-17(23)18-8-3-4-11-22(18)13-15(12-18)21-27(2,24)25/h5-6,9,15,21H,3-4,7-8,10-13H2,1-2H3,(H,20,23)/t15-,18-/m0/s1. The SMILES string of the molecule is COc1ncccc1CCNC(=O)[C@@]12CCCCN1C[C@@H](NS(C)(=O)=O)C2. The second kappa shape index (κ2) is 8.12. The Morgan fingerprint density at radius 2 is 2.26 bits per heavy atom. The highest BCUT2D eigenvalue weighted by Crippen LogP contribution is 2.38. The van der Waals surface area contributed by atoms with Crippen LogP contribution in [0.15, 0.2) is 18.3 Å². The van der Waals surface area contributed by atoms with Crippen molar-refractivity contribution in [2.24, 2.45) is 0 Å². The van der Waals surface area contributed by atoms with Crippen LogP contribution in [0.25, 0.3) is 0 Å². The average molecular weight is 397 g/mol. The molecule has 3 heterocycles. The average Bonchev–Trinajstić information content (AvgIpc) is 2.99. The highest BCUT2D eigenvalue weighted by molar-refractivity contribution is 7.88. The molecule has 27 heavy (non-hydrogen) atoms. The van der Waals surface area contributed by atoms with Crippen molar-refractivity contribution in [2.75, 3.05) is 33.0 Å². The molecule has 0 aromatic carbocycles. The molecule has 2 aliphatic rings. The minimum Gasteiger partial charge on any atom is -0.481 e. The molecule has 0 aliphatic carbocycles. The number of sulfonamides is 1. The largest absolute Gasteiger partial charge is 0.481 e. The van der Waals surface area contributed by atoms with Crippen molar-refractivity contribution in [3.8, 4) is 5.88 Å². The Hall–Kier alpha value is -1.71. The number of fused-ring (bicyclic) bond motifs is 1. The molecule has 0 bridgehead atoms. The van der Waals surface area contributed by atoms with Gasteiger partial charge < -0.3 is 10.1 Å². The summed E-state index contributed by atoms with van der Waals surface area (Å²) in [6, 6.07) is 3.56. The summed E-state index contributed by atoms with van der Waals surface area (Å²) in [5, 5.41) is 3.06. The van der Waals surface area contributed by atoms with Crippen LogP contribution in [0.3, 0.4) is 0 Å². The first-order valence-corrected chi connectivity index (χ1v) is 11.2. The molecule has 2 atom stereocenters. The third kappa shape index (κ3) is 4.59. The summed E-state index contributed by atoms with van der Waals surface area (Å²) in [7, 11) is -1.71. The number of nitrogens with one attached hydrogen (secondary N) is 2. The molecule has 0 radical (unpaired) electrons. The van der Waals surface area contributed by atoms with Gasteiger partial charge in [-0.1, -0.05) is 6.07 Å². The fraction of sp³-hybridized carbons (Fsp3) is 0.667. The molecule has 2 saturated heterocycles. The van der Waals surface area contributed by atoms with Crippen molar-refractivity contribution >= 4 is 15.9 Å². The van der Waals surface area contributed by atoms with Crippen LogP contribution in [0.1, 0.15) is 31.2 Å². The highest BCUT2D eigenvalue weighted by atomic mass is 32.2. The van der Waals surface area contributed by atoms with E-state index >= 15 is 0 Å². The highest BCUT2D eigenvalue weighted by Gasteiger charge is 2.52. The molecule has 2 aliphatic heterocycles. The number of hydrogen-bond acceptors (Lipinski definition) is 6. The molecular formula is C18H28N4O4S. The summed E-state index contributed by atoms with van der Waals surface area (Å²) in [5.74, 6) is 0.561. The van der Waals surface area contributed by atoms with Crippen LogP contribution < -0.4 is 14.8 Å². The third-order valence-electron chi connectivity index (χ3n) is 5.43. The number of nitrogens with zero attached hydrogens (tertiary/aromatic N) is 2. The number of methoxy groups -OCH3 is 1. The van der Waals surface area contributed by atoms with E-state index in [1.807, 2.05) is 12.1 Å². The minimum atomic E-state index is -3.29. The van der Waals surface area contributed by atoms with E-state index < -0.39 is 15.6 Å². The van der Waals surface area contributed by atoms with Gasteiger partial charge in [-0.3, -0.25) is 9.69 Å². The van der Waals surface area contributed by atoms with Crippen molar-refractivity contribution in [3.05, 3.63) is 23.9 Å². The van der Waals surface area contributed by atoms with Gasteiger partial charge in [-0.25, -0.2) is 18.1 Å². The monoisotopic (exact) mass is 396 g/mol. The summed E-state index contributed by atoms with van der Waals surface area (Å²) >= 11 is 0. The fourth-order valence-corrected chi connectivity index (χ4v) is 5.10. The maximum Gasteiger partial charge on any atom is 0.240 e. The van der Waals surface area contributed by atoms with Gasteiger partial charge in [0.1, 0.15) is 5.54 Å². The third-order valence-corrected chi connectivity index (χ3v) is 6.19. The minimum absolute atomic E-state index is 0.0112. The van der Waals surface area contributed by atoms with Gasteiger partial charge in [-0.05, 0) is 44.7 Å². The lowest BCUT2D eigenvalue weighted by atomic mass is 9.85. The van der Waals surface area contributed by atoms with Crippen LogP contribution in [0.4, 0.5) is 0 Å². The van der Waals surface area contributed by atoms with E-state index in [-0.39, 0.29) is 11.9 Å². The van der Waals surface area contributed by atoms with Crippen LogP contribution in [-0.2, 0) is 21.2 Å². The Bertz CT molecular complexity index is 785. The Labute approximate surface area is 160 Å². The topological polar surface area (TPSA) is 101 Å². The molecule has 1 amide bonds. The van der Waals surface area contributed by atoms with E-state index in [1.54, 1.807) is 13.3 Å². The number of carbonyl (C=O) groups is 1. The molecule has 8 nitrogen and oxygen atoms in total. The number of amides is 1. The zero-order chi connectivity index (χ0) is 19.5. The van der Waals surface area contributed by atoms with E-state index in [2.05, 4.69) is 19.9 Å². The van der Waals surface area contributed by atoms with Gasteiger partial charge in [-0.15, -0.1) is 0 Å². The van der Waals surface area contributed by atoms with Gasteiger partial charge in [0, 0.05) is 30.9 Å². The first kappa shape index (κ1) is 20.0. The van der Waals surface area contributed by atoms with Gasteiger partial charge in [0.05, 0.1) is 13.4 Å². The molecule has 2 fully saturated rings. The molecule has 0 saturated carbocycles. The van der Waals surface area contributed by atoms with Crippen LogP contribution in [0, 0.1) is 0 Å². The molecule has 9 heteroatoms. The molecule has 1 aromatic rings. The summed E-state index contributed by atoms with van der Waals surface area (Å²) < 4.78 is 31.1. The number of carbonyl (C=O) groups excluding carboxylic acids is 1. The Morgan fingerprint density at radius 1 is 1.44 bits per heavy atom. The van der Waals surface area contributed by atoms with Crippen molar-refractivity contribution in [1.82, 2.24) is 19.9 Å². The molecule has 2 N–H and O–H groups in total. The second-order valence-corrected chi connectivity index (χ2v) is 9.18. The number of pyridine rings is 1. The van der Waals surface area contributed by atoms with E-state index in [4.69, 9.17) is 4.74 Å². The van der Waals surface area contributed by atoms with Crippen LogP contribution >= 0.6 is 0 Å².